The summed E-state index contributed by atoms with van der Waals surface area (Å²) in [4.78, 5) is 10.8. The summed E-state index contributed by atoms with van der Waals surface area (Å²) in [6, 6.07) is 21.0. The summed E-state index contributed by atoms with van der Waals surface area (Å²) in [5.41, 5.74) is 5.64. The monoisotopic (exact) mass is 402 g/mol. The second-order valence-corrected chi connectivity index (χ2v) is 7.58. The first-order chi connectivity index (χ1) is 14.5. The number of aliphatic carboxylic acids is 1. The maximum atomic E-state index is 13.5. The number of fused-ring (bicyclic) bond motifs is 1. The van der Waals surface area contributed by atoms with E-state index >= 15 is 0 Å². The molecule has 30 heavy (non-hydrogen) atoms. The molecule has 3 aromatic carbocycles. The van der Waals surface area contributed by atoms with Crippen molar-refractivity contribution in [2.75, 3.05) is 7.11 Å². The molecule has 0 aliphatic heterocycles. The number of ether oxygens (including phenoxy) is 1. The van der Waals surface area contributed by atoms with Crippen LogP contribution in [0.5, 0.6) is 5.75 Å². The summed E-state index contributed by atoms with van der Waals surface area (Å²) in [5, 5.41) is 8.84. The zero-order valence-electron chi connectivity index (χ0n) is 16.7. The maximum Gasteiger partial charge on any atom is 0.328 e. The van der Waals surface area contributed by atoms with Gasteiger partial charge in [-0.1, -0.05) is 42.5 Å². The van der Waals surface area contributed by atoms with Crippen LogP contribution in [-0.2, 0) is 11.2 Å². The Morgan fingerprint density at radius 2 is 1.73 bits per heavy atom. The average Bonchev–Trinajstić information content (AvgIpc) is 2.77. The van der Waals surface area contributed by atoms with E-state index in [0.717, 1.165) is 41.4 Å². The summed E-state index contributed by atoms with van der Waals surface area (Å²) in [6.07, 6.45) is 4.61. The van der Waals surface area contributed by atoms with Gasteiger partial charge in [0.25, 0.3) is 0 Å². The Morgan fingerprint density at radius 1 is 1.03 bits per heavy atom. The molecule has 0 saturated heterocycles. The van der Waals surface area contributed by atoms with E-state index in [4.69, 9.17) is 9.84 Å². The number of methoxy groups -OCH3 is 1. The Labute approximate surface area is 175 Å². The number of hydrogen-bond acceptors (Lipinski definition) is 2. The van der Waals surface area contributed by atoms with E-state index in [9.17, 15) is 9.18 Å². The largest absolute Gasteiger partial charge is 0.497 e. The van der Waals surface area contributed by atoms with Crippen molar-refractivity contribution in [2.24, 2.45) is 0 Å². The van der Waals surface area contributed by atoms with Crippen LogP contribution in [-0.4, -0.2) is 18.2 Å². The van der Waals surface area contributed by atoms with Gasteiger partial charge in [0, 0.05) is 12.0 Å². The highest BCUT2D eigenvalue weighted by molar-refractivity contribution is 5.85. The van der Waals surface area contributed by atoms with Crippen LogP contribution in [0.4, 0.5) is 4.39 Å². The van der Waals surface area contributed by atoms with E-state index in [1.54, 1.807) is 13.2 Å². The van der Waals surface area contributed by atoms with Crippen molar-refractivity contribution in [3.8, 4) is 5.75 Å². The van der Waals surface area contributed by atoms with Gasteiger partial charge in [0.15, 0.2) is 0 Å². The van der Waals surface area contributed by atoms with Gasteiger partial charge < -0.3 is 9.84 Å². The summed E-state index contributed by atoms with van der Waals surface area (Å²) >= 11 is 0. The van der Waals surface area contributed by atoms with E-state index in [1.807, 2.05) is 30.3 Å². The first-order valence-corrected chi connectivity index (χ1v) is 9.98. The highest BCUT2D eigenvalue weighted by Gasteiger charge is 2.32. The van der Waals surface area contributed by atoms with Crippen LogP contribution in [0, 0.1) is 5.82 Å². The molecule has 2 atom stereocenters. The molecule has 0 heterocycles. The van der Waals surface area contributed by atoms with Crippen molar-refractivity contribution in [2.45, 2.75) is 24.7 Å². The van der Waals surface area contributed by atoms with E-state index < -0.39 is 5.97 Å². The number of aryl methyl sites for hydroxylation is 1. The summed E-state index contributed by atoms with van der Waals surface area (Å²) in [5.74, 6) is 0.00726. The predicted molar refractivity (Wildman–Crippen MR) is 115 cm³/mol. The van der Waals surface area contributed by atoms with E-state index in [-0.39, 0.29) is 17.7 Å². The normalized spacial score (nSPS) is 18.2. The van der Waals surface area contributed by atoms with Crippen LogP contribution >= 0.6 is 0 Å². The Kier molecular flexibility index (Phi) is 5.66. The fourth-order valence-corrected chi connectivity index (χ4v) is 4.39. The molecule has 0 fully saturated rings. The maximum absolute atomic E-state index is 13.5. The minimum absolute atomic E-state index is 0.127. The topological polar surface area (TPSA) is 46.5 Å². The molecule has 3 nitrogen and oxygen atoms in total. The van der Waals surface area contributed by atoms with Crippen LogP contribution < -0.4 is 4.74 Å². The van der Waals surface area contributed by atoms with Crippen molar-refractivity contribution >= 4 is 12.0 Å². The number of halogens is 1. The lowest BCUT2D eigenvalue weighted by Gasteiger charge is -2.35. The third kappa shape index (κ3) is 4.13. The summed E-state index contributed by atoms with van der Waals surface area (Å²) < 4.78 is 18.9. The minimum Gasteiger partial charge on any atom is -0.497 e. The van der Waals surface area contributed by atoms with Crippen molar-refractivity contribution < 1.29 is 19.0 Å². The van der Waals surface area contributed by atoms with Crippen LogP contribution in [0.3, 0.4) is 0 Å². The molecule has 4 heteroatoms. The highest BCUT2D eigenvalue weighted by Crippen LogP contribution is 2.47. The second-order valence-electron chi connectivity index (χ2n) is 7.58. The molecule has 0 amide bonds. The van der Waals surface area contributed by atoms with Crippen molar-refractivity contribution in [1.29, 1.82) is 0 Å². The van der Waals surface area contributed by atoms with Gasteiger partial charge in [0.1, 0.15) is 11.6 Å². The molecule has 2 unspecified atom stereocenters. The Morgan fingerprint density at radius 3 is 2.40 bits per heavy atom. The molecule has 1 N–H and O–H groups in total. The third-order valence-electron chi connectivity index (χ3n) is 5.82. The van der Waals surface area contributed by atoms with Gasteiger partial charge in [-0.3, -0.25) is 0 Å². The highest BCUT2D eigenvalue weighted by atomic mass is 19.1. The van der Waals surface area contributed by atoms with Crippen molar-refractivity contribution in [3.05, 3.63) is 106 Å². The molecule has 152 valence electrons. The standard InChI is InChI=1S/C26H23FO3/c1-30-22-12-14-24-20(16-22)9-13-23(18-7-10-21(27)11-8-18)26(24)19-5-2-17(3-6-19)4-15-25(28)29/h2-8,10-12,14-16,23,26H,9,13H2,1H3,(H,28,29)/b15-4+. The van der Waals surface area contributed by atoms with Crippen LogP contribution in [0.15, 0.2) is 72.8 Å². The number of carboxylic acids is 1. The van der Waals surface area contributed by atoms with Gasteiger partial charge in [-0.2, -0.15) is 0 Å². The van der Waals surface area contributed by atoms with Gasteiger partial charge in [0.05, 0.1) is 7.11 Å². The molecule has 0 radical (unpaired) electrons. The lowest BCUT2D eigenvalue weighted by molar-refractivity contribution is -0.131. The number of rotatable bonds is 5. The molecule has 0 spiro atoms. The van der Waals surface area contributed by atoms with E-state index in [0.29, 0.717) is 0 Å². The minimum atomic E-state index is -0.967. The molecule has 1 aliphatic carbocycles. The van der Waals surface area contributed by atoms with Crippen LogP contribution in [0.1, 0.15) is 46.1 Å². The lowest BCUT2D eigenvalue weighted by Crippen LogP contribution is -2.20. The molecule has 3 aromatic rings. The molecule has 0 aromatic heterocycles. The third-order valence-corrected chi connectivity index (χ3v) is 5.82. The Hall–Kier alpha value is -3.40. The van der Waals surface area contributed by atoms with E-state index in [1.165, 1.54) is 23.3 Å². The van der Waals surface area contributed by atoms with Crippen LogP contribution in [0.25, 0.3) is 6.08 Å². The van der Waals surface area contributed by atoms with Gasteiger partial charge >= 0.3 is 5.97 Å². The number of hydrogen-bond donors (Lipinski definition) is 1. The molecule has 0 saturated carbocycles. The fraction of sp³-hybridized carbons (Fsp3) is 0.192. The molecular weight excluding hydrogens is 379 g/mol. The molecule has 0 bridgehead atoms. The number of carboxylic acid groups (broad SMARTS) is 1. The number of benzene rings is 3. The van der Waals surface area contributed by atoms with Gasteiger partial charge in [-0.15, -0.1) is 0 Å². The SMILES string of the molecule is COc1ccc2c(c1)CCC(c1ccc(F)cc1)C2c1ccc(/C=C/C(=O)O)cc1. The predicted octanol–water partition coefficient (Wildman–Crippen LogP) is 5.79. The van der Waals surface area contributed by atoms with E-state index in [2.05, 4.69) is 24.3 Å². The Balaban J connectivity index is 1.76. The molecular formula is C26H23FO3. The lowest BCUT2D eigenvalue weighted by atomic mass is 9.69. The zero-order chi connectivity index (χ0) is 21.1. The zero-order valence-corrected chi connectivity index (χ0v) is 16.7. The number of carbonyl (C=O) groups is 1. The smallest absolute Gasteiger partial charge is 0.328 e. The fourth-order valence-electron chi connectivity index (χ4n) is 4.39. The van der Waals surface area contributed by atoms with Gasteiger partial charge in [-0.05, 0) is 76.9 Å². The quantitative estimate of drug-likeness (QED) is 0.549. The average molecular weight is 402 g/mol. The summed E-state index contributed by atoms with van der Waals surface area (Å²) in [6.45, 7) is 0. The molecule has 1 aliphatic rings. The van der Waals surface area contributed by atoms with Gasteiger partial charge in [-0.25, -0.2) is 9.18 Å². The van der Waals surface area contributed by atoms with Crippen molar-refractivity contribution in [3.63, 3.8) is 0 Å². The second kappa shape index (κ2) is 8.54. The van der Waals surface area contributed by atoms with Gasteiger partial charge in [0.2, 0.25) is 0 Å². The molecule has 4 rings (SSSR count). The van der Waals surface area contributed by atoms with Crippen LogP contribution in [0.2, 0.25) is 0 Å². The first kappa shape index (κ1) is 19.9. The Bertz CT molecular complexity index is 1070. The first-order valence-electron chi connectivity index (χ1n) is 9.98. The summed E-state index contributed by atoms with van der Waals surface area (Å²) in [7, 11) is 1.67. The van der Waals surface area contributed by atoms with Crippen molar-refractivity contribution in [1.82, 2.24) is 0 Å².